The van der Waals surface area contributed by atoms with Crippen LogP contribution < -0.4 is 0 Å². The third-order valence-corrected chi connectivity index (χ3v) is 4.36. The third kappa shape index (κ3) is 4.03. The molecular weight excluding hydrogens is 238 g/mol. The van der Waals surface area contributed by atoms with Gasteiger partial charge in [-0.1, -0.05) is 37.3 Å². The van der Waals surface area contributed by atoms with Crippen molar-refractivity contribution in [1.82, 2.24) is 4.90 Å². The van der Waals surface area contributed by atoms with Crippen LogP contribution in [-0.2, 0) is 0 Å². The summed E-state index contributed by atoms with van der Waals surface area (Å²) in [5.41, 5.74) is 1.52. The molecule has 1 aromatic carbocycles. The van der Waals surface area contributed by atoms with Crippen LogP contribution >= 0.6 is 12.6 Å². The maximum absolute atomic E-state index is 4.31. The van der Waals surface area contributed by atoms with E-state index in [0.717, 1.165) is 17.6 Å². The second-order valence-electron chi connectivity index (χ2n) is 5.60. The van der Waals surface area contributed by atoms with Crippen molar-refractivity contribution in [1.29, 1.82) is 0 Å². The van der Waals surface area contributed by atoms with Gasteiger partial charge in [-0.15, -0.1) is 0 Å². The van der Waals surface area contributed by atoms with Crippen LogP contribution in [0.4, 0.5) is 0 Å². The Bertz CT molecular complexity index is 338. The molecule has 0 N–H and O–H groups in total. The summed E-state index contributed by atoms with van der Waals surface area (Å²) in [7, 11) is 0. The Morgan fingerprint density at radius 3 is 2.78 bits per heavy atom. The predicted octanol–water partition coefficient (Wildman–Crippen LogP) is 3.82. The molecule has 1 saturated heterocycles. The maximum atomic E-state index is 4.31. The molecule has 100 valence electrons. The largest absolute Gasteiger partial charge is 0.303 e. The van der Waals surface area contributed by atoms with E-state index < -0.39 is 0 Å². The molecule has 0 saturated carbocycles. The average molecular weight is 263 g/mol. The molecule has 0 radical (unpaired) electrons. The summed E-state index contributed by atoms with van der Waals surface area (Å²) in [5, 5.41) is 0. The van der Waals surface area contributed by atoms with E-state index in [9.17, 15) is 0 Å². The number of thiol groups is 1. The van der Waals surface area contributed by atoms with Crippen LogP contribution in [0.5, 0.6) is 0 Å². The Morgan fingerprint density at radius 2 is 2.06 bits per heavy atom. The highest BCUT2D eigenvalue weighted by Gasteiger charge is 2.23. The van der Waals surface area contributed by atoms with Gasteiger partial charge < -0.3 is 4.90 Å². The molecule has 0 aliphatic carbocycles. The molecule has 0 spiro atoms. The lowest BCUT2D eigenvalue weighted by Gasteiger charge is -2.18. The third-order valence-electron chi connectivity index (χ3n) is 4.10. The minimum absolute atomic E-state index is 0.756. The lowest BCUT2D eigenvalue weighted by Crippen LogP contribution is -2.23. The minimum atomic E-state index is 0.756. The van der Waals surface area contributed by atoms with Crippen LogP contribution in [0.2, 0.25) is 0 Å². The van der Waals surface area contributed by atoms with Crippen LogP contribution in [0.3, 0.4) is 0 Å². The van der Waals surface area contributed by atoms with Gasteiger partial charge in [0.05, 0.1) is 0 Å². The molecule has 0 bridgehead atoms. The minimum Gasteiger partial charge on any atom is -0.303 e. The quantitative estimate of drug-likeness (QED) is 0.764. The second kappa shape index (κ2) is 7.20. The number of rotatable bonds is 6. The SMILES string of the molecule is CC(CCS)CCN1CCC(c2ccccc2)C1. The molecule has 1 aromatic rings. The van der Waals surface area contributed by atoms with E-state index in [2.05, 4.69) is 54.8 Å². The van der Waals surface area contributed by atoms with Crippen molar-refractivity contribution in [3.05, 3.63) is 35.9 Å². The first-order chi connectivity index (χ1) is 8.79. The topological polar surface area (TPSA) is 3.24 Å². The molecule has 1 aliphatic heterocycles. The van der Waals surface area contributed by atoms with Crippen molar-refractivity contribution < 1.29 is 0 Å². The maximum Gasteiger partial charge on any atom is 0.00507 e. The molecule has 1 fully saturated rings. The van der Waals surface area contributed by atoms with Gasteiger partial charge in [-0.05, 0) is 55.5 Å². The normalized spacial score (nSPS) is 22.2. The zero-order valence-corrected chi connectivity index (χ0v) is 12.3. The van der Waals surface area contributed by atoms with Gasteiger partial charge in [0.25, 0.3) is 0 Å². The van der Waals surface area contributed by atoms with E-state index >= 15 is 0 Å². The Balaban J connectivity index is 1.75. The van der Waals surface area contributed by atoms with E-state index in [1.54, 1.807) is 0 Å². The first-order valence-electron chi connectivity index (χ1n) is 7.17. The molecule has 1 nitrogen and oxygen atoms in total. The first kappa shape index (κ1) is 14.0. The van der Waals surface area contributed by atoms with Crippen LogP contribution in [0.25, 0.3) is 0 Å². The lowest BCUT2D eigenvalue weighted by atomic mass is 9.99. The van der Waals surface area contributed by atoms with E-state index in [1.807, 2.05) is 0 Å². The zero-order chi connectivity index (χ0) is 12.8. The van der Waals surface area contributed by atoms with Crippen molar-refractivity contribution in [2.75, 3.05) is 25.4 Å². The van der Waals surface area contributed by atoms with Crippen LogP contribution in [0.15, 0.2) is 30.3 Å². The Kier molecular flexibility index (Phi) is 5.58. The summed E-state index contributed by atoms with van der Waals surface area (Å²) in [4.78, 5) is 2.63. The molecule has 0 aromatic heterocycles. The van der Waals surface area contributed by atoms with Gasteiger partial charge in [0.15, 0.2) is 0 Å². The van der Waals surface area contributed by atoms with Gasteiger partial charge >= 0.3 is 0 Å². The van der Waals surface area contributed by atoms with Crippen molar-refractivity contribution in [2.45, 2.75) is 32.1 Å². The summed E-state index contributed by atoms with van der Waals surface area (Å²) in [6.07, 6.45) is 3.89. The standard InChI is InChI=1S/C16H25NS/c1-14(9-12-18)7-10-17-11-8-16(13-17)15-5-3-2-4-6-15/h2-6,14,16,18H,7-13H2,1H3. The summed E-state index contributed by atoms with van der Waals surface area (Å²) in [6.45, 7) is 6.13. The van der Waals surface area contributed by atoms with Crippen molar-refractivity contribution in [2.24, 2.45) is 5.92 Å². The van der Waals surface area contributed by atoms with Crippen molar-refractivity contribution in [3.63, 3.8) is 0 Å². The van der Waals surface area contributed by atoms with Crippen molar-refractivity contribution in [3.8, 4) is 0 Å². The molecule has 2 rings (SSSR count). The Morgan fingerprint density at radius 1 is 1.28 bits per heavy atom. The molecule has 18 heavy (non-hydrogen) atoms. The number of likely N-dealkylation sites (tertiary alicyclic amines) is 1. The molecule has 1 heterocycles. The Labute approximate surface area is 117 Å². The van der Waals surface area contributed by atoms with Gasteiger partial charge in [-0.3, -0.25) is 0 Å². The summed E-state index contributed by atoms with van der Waals surface area (Å²) in [5.74, 6) is 2.60. The van der Waals surface area contributed by atoms with Gasteiger partial charge in [0.2, 0.25) is 0 Å². The molecule has 2 unspecified atom stereocenters. The highest BCUT2D eigenvalue weighted by molar-refractivity contribution is 7.80. The highest BCUT2D eigenvalue weighted by Crippen LogP contribution is 2.27. The van der Waals surface area contributed by atoms with E-state index in [4.69, 9.17) is 0 Å². The predicted molar refractivity (Wildman–Crippen MR) is 82.5 cm³/mol. The summed E-state index contributed by atoms with van der Waals surface area (Å²) in [6, 6.07) is 11.0. The second-order valence-corrected chi connectivity index (χ2v) is 6.05. The smallest absolute Gasteiger partial charge is 0.00507 e. The fraction of sp³-hybridized carbons (Fsp3) is 0.625. The first-order valence-corrected chi connectivity index (χ1v) is 7.81. The van der Waals surface area contributed by atoms with E-state index in [-0.39, 0.29) is 0 Å². The average Bonchev–Trinajstić information content (AvgIpc) is 2.87. The van der Waals surface area contributed by atoms with Crippen LogP contribution in [0, 0.1) is 5.92 Å². The van der Waals surface area contributed by atoms with Gasteiger partial charge in [-0.2, -0.15) is 12.6 Å². The molecular formula is C16H25NS. The number of nitrogens with zero attached hydrogens (tertiary/aromatic N) is 1. The molecule has 2 heteroatoms. The van der Waals surface area contributed by atoms with Crippen LogP contribution in [0.1, 0.15) is 37.7 Å². The lowest BCUT2D eigenvalue weighted by molar-refractivity contribution is 0.303. The van der Waals surface area contributed by atoms with E-state index in [1.165, 1.54) is 44.5 Å². The zero-order valence-electron chi connectivity index (χ0n) is 11.4. The van der Waals surface area contributed by atoms with Gasteiger partial charge in [0, 0.05) is 6.54 Å². The number of hydrogen-bond acceptors (Lipinski definition) is 2. The number of benzene rings is 1. The summed E-state index contributed by atoms with van der Waals surface area (Å²) >= 11 is 4.31. The summed E-state index contributed by atoms with van der Waals surface area (Å²) < 4.78 is 0. The molecule has 2 atom stereocenters. The molecule has 1 aliphatic rings. The van der Waals surface area contributed by atoms with Crippen molar-refractivity contribution >= 4 is 12.6 Å². The van der Waals surface area contributed by atoms with Gasteiger partial charge in [-0.25, -0.2) is 0 Å². The monoisotopic (exact) mass is 263 g/mol. The fourth-order valence-electron chi connectivity index (χ4n) is 2.80. The van der Waals surface area contributed by atoms with E-state index in [0.29, 0.717) is 0 Å². The molecule has 0 amide bonds. The van der Waals surface area contributed by atoms with Crippen LogP contribution in [-0.4, -0.2) is 30.3 Å². The van der Waals surface area contributed by atoms with Gasteiger partial charge in [0.1, 0.15) is 0 Å². The fourth-order valence-corrected chi connectivity index (χ4v) is 3.24. The highest BCUT2D eigenvalue weighted by atomic mass is 32.1. The number of hydrogen-bond donors (Lipinski definition) is 1. The Hall–Kier alpha value is -0.470.